The van der Waals surface area contributed by atoms with Gasteiger partial charge in [0.15, 0.2) is 0 Å². The highest BCUT2D eigenvalue weighted by atomic mass is 16.1. The molecular formula is C16H23NO. The van der Waals surface area contributed by atoms with Gasteiger partial charge in [-0.25, -0.2) is 0 Å². The minimum Gasteiger partial charge on any atom is -0.353 e. The molecule has 0 heterocycles. The average molecular weight is 245 g/mol. The second-order valence-corrected chi connectivity index (χ2v) is 5.48. The number of nitrogens with one attached hydrogen (secondary N) is 1. The highest BCUT2D eigenvalue weighted by Crippen LogP contribution is 2.22. The molecule has 0 spiro atoms. The van der Waals surface area contributed by atoms with Gasteiger partial charge in [0.2, 0.25) is 5.91 Å². The summed E-state index contributed by atoms with van der Waals surface area (Å²) in [6.07, 6.45) is 13.1. The Balaban J connectivity index is 1.84. The molecule has 2 nitrogen and oxygen atoms in total. The van der Waals surface area contributed by atoms with Gasteiger partial charge in [-0.2, -0.15) is 0 Å². The highest BCUT2D eigenvalue weighted by Gasteiger charge is 2.21. The lowest BCUT2D eigenvalue weighted by Gasteiger charge is -2.25. The lowest BCUT2D eigenvalue weighted by Crippen LogP contribution is -2.39. The van der Waals surface area contributed by atoms with Crippen molar-refractivity contribution in [2.24, 2.45) is 5.92 Å². The van der Waals surface area contributed by atoms with E-state index >= 15 is 0 Å². The van der Waals surface area contributed by atoms with E-state index in [-0.39, 0.29) is 11.8 Å². The first kappa shape index (κ1) is 13.1. The van der Waals surface area contributed by atoms with Crippen LogP contribution in [0.25, 0.3) is 0 Å². The fourth-order valence-electron chi connectivity index (χ4n) is 2.69. The van der Waals surface area contributed by atoms with Crippen molar-refractivity contribution in [3.8, 4) is 0 Å². The van der Waals surface area contributed by atoms with Crippen LogP contribution in [0.2, 0.25) is 0 Å². The Morgan fingerprint density at radius 3 is 2.61 bits per heavy atom. The van der Waals surface area contributed by atoms with Gasteiger partial charge in [0.25, 0.3) is 0 Å². The molecule has 1 unspecified atom stereocenters. The normalized spacial score (nSPS) is 24.5. The van der Waals surface area contributed by atoms with Crippen LogP contribution >= 0.6 is 0 Å². The quantitative estimate of drug-likeness (QED) is 0.810. The summed E-state index contributed by atoms with van der Waals surface area (Å²) < 4.78 is 0. The SMILES string of the molecule is C=C(C)C1=CCC(C(=O)NC2CCCCC2)C=C1. The summed E-state index contributed by atoms with van der Waals surface area (Å²) in [6, 6.07) is 0.408. The van der Waals surface area contributed by atoms with Gasteiger partial charge in [0, 0.05) is 6.04 Å². The molecule has 0 aromatic heterocycles. The van der Waals surface area contributed by atoms with Crippen LogP contribution in [0.4, 0.5) is 0 Å². The minimum atomic E-state index is 0.00928. The van der Waals surface area contributed by atoms with Gasteiger partial charge in [-0.1, -0.05) is 49.6 Å². The Hall–Kier alpha value is -1.31. The Labute approximate surface area is 110 Å². The van der Waals surface area contributed by atoms with E-state index in [9.17, 15) is 4.79 Å². The summed E-state index contributed by atoms with van der Waals surface area (Å²) in [5.41, 5.74) is 2.23. The lowest BCUT2D eigenvalue weighted by molar-refractivity contribution is -0.124. The molecule has 2 heteroatoms. The molecule has 0 bridgehead atoms. The molecule has 2 rings (SSSR count). The number of hydrogen-bond acceptors (Lipinski definition) is 1. The topological polar surface area (TPSA) is 29.1 Å². The fourth-order valence-corrected chi connectivity index (χ4v) is 2.69. The number of carbonyl (C=O) groups is 1. The Bertz CT molecular complexity index is 386. The first-order valence-corrected chi connectivity index (χ1v) is 7.01. The van der Waals surface area contributed by atoms with Crippen molar-refractivity contribution in [3.63, 3.8) is 0 Å². The van der Waals surface area contributed by atoms with Crippen molar-refractivity contribution in [1.82, 2.24) is 5.32 Å². The number of amides is 1. The third kappa shape index (κ3) is 3.34. The molecule has 98 valence electrons. The van der Waals surface area contributed by atoms with Gasteiger partial charge >= 0.3 is 0 Å². The zero-order valence-electron chi connectivity index (χ0n) is 11.2. The van der Waals surface area contributed by atoms with E-state index in [0.29, 0.717) is 6.04 Å². The Kier molecular flexibility index (Phi) is 4.40. The smallest absolute Gasteiger partial charge is 0.227 e. The predicted molar refractivity (Wildman–Crippen MR) is 75.2 cm³/mol. The lowest BCUT2D eigenvalue weighted by atomic mass is 9.91. The summed E-state index contributed by atoms with van der Waals surface area (Å²) in [5.74, 6) is 0.199. The van der Waals surface area contributed by atoms with Crippen molar-refractivity contribution in [3.05, 3.63) is 36.0 Å². The largest absolute Gasteiger partial charge is 0.353 e. The molecule has 1 atom stereocenters. The van der Waals surface area contributed by atoms with Crippen molar-refractivity contribution >= 4 is 5.91 Å². The molecule has 2 aliphatic rings. The number of carbonyl (C=O) groups excluding carboxylic acids is 1. The maximum Gasteiger partial charge on any atom is 0.227 e. The molecule has 2 aliphatic carbocycles. The zero-order chi connectivity index (χ0) is 13.0. The van der Waals surface area contributed by atoms with Crippen LogP contribution in [-0.2, 0) is 4.79 Å². The molecular weight excluding hydrogens is 222 g/mol. The molecule has 0 aromatic carbocycles. The van der Waals surface area contributed by atoms with E-state index in [1.165, 1.54) is 19.3 Å². The highest BCUT2D eigenvalue weighted by molar-refractivity contribution is 5.81. The Morgan fingerprint density at radius 1 is 1.33 bits per heavy atom. The van der Waals surface area contributed by atoms with Crippen molar-refractivity contribution in [1.29, 1.82) is 0 Å². The van der Waals surface area contributed by atoms with Crippen molar-refractivity contribution < 1.29 is 4.79 Å². The van der Waals surface area contributed by atoms with Gasteiger partial charge in [-0.15, -0.1) is 0 Å². The molecule has 0 radical (unpaired) electrons. The number of allylic oxidation sites excluding steroid dienone is 4. The van der Waals surface area contributed by atoms with Gasteiger partial charge < -0.3 is 5.32 Å². The monoisotopic (exact) mass is 245 g/mol. The maximum atomic E-state index is 12.1. The second-order valence-electron chi connectivity index (χ2n) is 5.48. The number of rotatable bonds is 3. The van der Waals surface area contributed by atoms with Crippen LogP contribution in [0, 0.1) is 5.92 Å². The van der Waals surface area contributed by atoms with Gasteiger partial charge in [0.1, 0.15) is 0 Å². The zero-order valence-corrected chi connectivity index (χ0v) is 11.2. The molecule has 0 saturated heterocycles. The maximum absolute atomic E-state index is 12.1. The summed E-state index contributed by atoms with van der Waals surface area (Å²) in [4.78, 5) is 12.1. The van der Waals surface area contributed by atoms with Gasteiger partial charge in [-0.05, 0) is 31.8 Å². The van der Waals surface area contributed by atoms with E-state index in [1.54, 1.807) is 0 Å². The predicted octanol–water partition coefficient (Wildman–Crippen LogP) is 3.51. The summed E-state index contributed by atoms with van der Waals surface area (Å²) in [7, 11) is 0. The van der Waals surface area contributed by atoms with E-state index in [1.807, 2.05) is 19.1 Å². The first-order chi connectivity index (χ1) is 8.66. The van der Waals surface area contributed by atoms with Crippen LogP contribution in [0.5, 0.6) is 0 Å². The van der Waals surface area contributed by atoms with Crippen LogP contribution in [0.3, 0.4) is 0 Å². The molecule has 0 aromatic rings. The molecule has 18 heavy (non-hydrogen) atoms. The third-order valence-corrected chi connectivity index (χ3v) is 3.88. The van der Waals surface area contributed by atoms with Gasteiger partial charge in [0.05, 0.1) is 5.92 Å². The number of hydrogen-bond donors (Lipinski definition) is 1. The van der Waals surface area contributed by atoms with Gasteiger partial charge in [-0.3, -0.25) is 4.79 Å². The molecule has 1 N–H and O–H groups in total. The fraction of sp³-hybridized carbons (Fsp3) is 0.562. The summed E-state index contributed by atoms with van der Waals surface area (Å²) >= 11 is 0. The van der Waals surface area contributed by atoms with E-state index < -0.39 is 0 Å². The van der Waals surface area contributed by atoms with Crippen molar-refractivity contribution in [2.75, 3.05) is 0 Å². The minimum absolute atomic E-state index is 0.00928. The molecule has 1 amide bonds. The van der Waals surface area contributed by atoms with E-state index in [0.717, 1.165) is 30.4 Å². The van der Waals surface area contributed by atoms with Crippen LogP contribution < -0.4 is 5.32 Å². The van der Waals surface area contributed by atoms with E-state index in [4.69, 9.17) is 0 Å². The standard InChI is InChI=1S/C16H23NO/c1-12(2)13-8-10-14(11-9-13)16(18)17-15-6-4-3-5-7-15/h8-10,14-15H,1,3-7,11H2,2H3,(H,17,18). The third-order valence-electron chi connectivity index (χ3n) is 3.88. The average Bonchev–Trinajstić information content (AvgIpc) is 2.40. The summed E-state index contributed by atoms with van der Waals surface area (Å²) in [5, 5.41) is 3.19. The molecule has 1 saturated carbocycles. The summed E-state index contributed by atoms with van der Waals surface area (Å²) in [6.45, 7) is 5.92. The second kappa shape index (κ2) is 6.03. The van der Waals surface area contributed by atoms with Crippen molar-refractivity contribution in [2.45, 2.75) is 51.5 Å². The molecule has 1 fully saturated rings. The van der Waals surface area contributed by atoms with Crippen LogP contribution in [0.1, 0.15) is 45.4 Å². The molecule has 0 aliphatic heterocycles. The van der Waals surface area contributed by atoms with Crippen LogP contribution in [0.15, 0.2) is 36.0 Å². The Morgan fingerprint density at radius 2 is 2.06 bits per heavy atom. The van der Waals surface area contributed by atoms with E-state index in [2.05, 4.69) is 18.0 Å². The van der Waals surface area contributed by atoms with Crippen LogP contribution in [-0.4, -0.2) is 11.9 Å². The first-order valence-electron chi connectivity index (χ1n) is 7.01.